The lowest BCUT2D eigenvalue weighted by Gasteiger charge is -2.14. The average Bonchev–Trinajstić information content (AvgIpc) is 1.58. The second-order valence-electron chi connectivity index (χ2n) is 31.3. The third-order valence-electron chi connectivity index (χ3n) is 24.0. The van der Waals surface area contributed by atoms with Crippen molar-refractivity contribution in [1.29, 1.82) is 0 Å². The smallest absolute Gasteiger partial charge is 0.164 e. The zero-order chi connectivity index (χ0) is 82.0. The molecule has 124 heavy (non-hydrogen) atoms. The highest BCUT2D eigenvalue weighted by atomic mass is 15.1. The van der Waals surface area contributed by atoms with E-state index in [9.17, 15) is 0 Å². The van der Waals surface area contributed by atoms with Crippen LogP contribution in [-0.4, -0.2) is 48.2 Å². The first kappa shape index (κ1) is 72.4. The molecule has 0 bridgehead atoms. The van der Waals surface area contributed by atoms with Crippen LogP contribution >= 0.6 is 0 Å². The highest BCUT2D eigenvalue weighted by molar-refractivity contribution is 6.15. The lowest BCUT2D eigenvalue weighted by Crippen LogP contribution is -2.00. The number of benzene rings is 18. The maximum atomic E-state index is 5.05. The van der Waals surface area contributed by atoms with Gasteiger partial charge in [-0.15, -0.1) is 0 Å². The van der Waals surface area contributed by atoms with Crippen molar-refractivity contribution in [2.45, 2.75) is 0 Å². The minimum atomic E-state index is 0.628. The average molecular weight is 1580 g/mol. The summed E-state index contributed by atoms with van der Waals surface area (Å²) in [4.78, 5) is 29.9. The van der Waals surface area contributed by atoms with E-state index in [2.05, 4.69) is 370 Å². The third-order valence-corrected chi connectivity index (χ3v) is 24.0. The Balaban J connectivity index is 0.000000143. The van der Waals surface area contributed by atoms with Gasteiger partial charge in [0.15, 0.2) is 34.9 Å². The van der Waals surface area contributed by atoms with Gasteiger partial charge in [-0.25, -0.2) is 29.9 Å². The van der Waals surface area contributed by atoms with Crippen molar-refractivity contribution in [2.75, 3.05) is 0 Å². The monoisotopic (exact) mass is 1580 g/mol. The van der Waals surface area contributed by atoms with Crippen LogP contribution in [0.25, 0.3) is 223 Å². The Hall–Kier alpha value is -16.8. The van der Waals surface area contributed by atoms with Gasteiger partial charge in [0.25, 0.3) is 0 Å². The van der Waals surface area contributed by atoms with Gasteiger partial charge in [-0.3, -0.25) is 0 Å². The minimum Gasteiger partial charge on any atom is -0.309 e. The van der Waals surface area contributed by atoms with E-state index >= 15 is 0 Å². The molecule has 0 aliphatic rings. The second-order valence-corrected chi connectivity index (χ2v) is 31.3. The summed E-state index contributed by atoms with van der Waals surface area (Å²) in [7, 11) is 0. The summed E-state index contributed by atoms with van der Waals surface area (Å²) in [5.74, 6) is 3.84. The molecule has 0 atom stereocenters. The van der Waals surface area contributed by atoms with Crippen LogP contribution in [0.2, 0.25) is 0 Å². The lowest BCUT2D eigenvalue weighted by atomic mass is 10.0. The highest BCUT2D eigenvalue weighted by Gasteiger charge is 2.23. The summed E-state index contributed by atoms with van der Waals surface area (Å²) in [5, 5.41) is 9.79. The lowest BCUT2D eigenvalue weighted by molar-refractivity contribution is 1.07. The molecule has 0 saturated heterocycles. The molecule has 0 unspecified atom stereocenters. The Morgan fingerprint density at radius 1 is 0.129 bits per heavy atom. The number of para-hydroxylation sites is 6. The minimum absolute atomic E-state index is 0.628. The molecule has 0 aliphatic carbocycles. The number of fused-ring (bicyclic) bond motifs is 12. The normalized spacial score (nSPS) is 11.5. The van der Waals surface area contributed by atoms with E-state index in [0.717, 1.165) is 78.1 Å². The number of aromatic nitrogens is 10. The van der Waals surface area contributed by atoms with Crippen LogP contribution in [0.15, 0.2) is 449 Å². The Morgan fingerprint density at radius 3 is 0.677 bits per heavy atom. The van der Waals surface area contributed by atoms with Gasteiger partial charge in [-0.2, -0.15) is 0 Å². The highest BCUT2D eigenvalue weighted by Crippen LogP contribution is 2.44. The van der Waals surface area contributed by atoms with Crippen LogP contribution in [0, 0.1) is 0 Å². The first-order valence-electron chi connectivity index (χ1n) is 41.9. The van der Waals surface area contributed by atoms with E-state index in [-0.39, 0.29) is 0 Å². The van der Waals surface area contributed by atoms with Crippen molar-refractivity contribution in [3.8, 4) is 136 Å². The van der Waals surface area contributed by atoms with E-state index in [4.69, 9.17) is 29.9 Å². The zero-order valence-electron chi connectivity index (χ0n) is 67.2. The van der Waals surface area contributed by atoms with Crippen molar-refractivity contribution in [1.82, 2.24) is 48.2 Å². The van der Waals surface area contributed by atoms with Crippen molar-refractivity contribution in [3.63, 3.8) is 0 Å². The number of rotatable bonds is 14. The predicted molar refractivity (Wildman–Crippen MR) is 511 cm³/mol. The van der Waals surface area contributed by atoms with Crippen LogP contribution in [0.3, 0.4) is 0 Å². The maximum Gasteiger partial charge on any atom is 0.164 e. The molecule has 0 saturated carbocycles. The first-order valence-corrected chi connectivity index (χ1v) is 41.9. The van der Waals surface area contributed by atoms with Crippen molar-refractivity contribution in [3.05, 3.63) is 449 Å². The molecule has 580 valence electrons. The molecule has 0 amide bonds. The Kier molecular flexibility index (Phi) is 18.0. The third kappa shape index (κ3) is 13.0. The molecule has 24 rings (SSSR count). The van der Waals surface area contributed by atoms with Crippen molar-refractivity contribution < 1.29 is 0 Å². The summed E-state index contributed by atoms with van der Waals surface area (Å²) >= 11 is 0. The molecule has 6 aromatic heterocycles. The Bertz CT molecular complexity index is 8110. The topological polar surface area (TPSA) is 97.1 Å². The molecular formula is C114H74N10. The van der Waals surface area contributed by atoms with Gasteiger partial charge in [0.1, 0.15) is 0 Å². The molecule has 18 aromatic carbocycles. The summed E-state index contributed by atoms with van der Waals surface area (Å²) in [5.41, 5.74) is 28.9. The van der Waals surface area contributed by atoms with Gasteiger partial charge in [0, 0.05) is 99.1 Å². The molecule has 24 aromatic rings. The number of hydrogen-bond donors (Lipinski definition) is 0. The van der Waals surface area contributed by atoms with E-state index in [1.165, 1.54) is 110 Å². The summed E-state index contributed by atoms with van der Waals surface area (Å²) in [6.45, 7) is 0. The predicted octanol–water partition coefficient (Wildman–Crippen LogP) is 28.8. The maximum absolute atomic E-state index is 5.05. The molecule has 10 nitrogen and oxygen atoms in total. The summed E-state index contributed by atoms with van der Waals surface area (Å²) < 4.78 is 9.50. The van der Waals surface area contributed by atoms with E-state index in [1.54, 1.807) is 0 Å². The van der Waals surface area contributed by atoms with Crippen molar-refractivity contribution >= 4 is 87.2 Å². The fraction of sp³-hybridized carbons (Fsp3) is 0. The standard InChI is InChI=1S/2C57H37N5/c1-4-16-38(17-5-1)45-22-10-13-25-50(45)62-52-27-15-12-24-47(52)49-37-43(31-35-54(49)62)42-30-34-53-48(36-42)46-23-11-14-26-51(46)61(53)44-32-28-41(29-33-44)57-59-55(39-18-6-2-7-19-39)58-56(60-57)40-20-8-3-9-21-40;1-4-14-38(15-5-1)39-24-26-41(27-25-39)56-58-55(40-16-6-2-7-17-40)59-57(60-56)42-28-32-46(33-29-42)62-52-23-13-11-21-48(52)50-37-44(31-35-54(50)62)43-30-34-53-49(36-43)47-20-10-12-22-51(47)61(53)45-18-8-3-9-19-45/h2*1-37H. The van der Waals surface area contributed by atoms with Crippen LogP contribution in [-0.2, 0) is 0 Å². The van der Waals surface area contributed by atoms with Crippen LogP contribution in [0.4, 0.5) is 0 Å². The van der Waals surface area contributed by atoms with Crippen molar-refractivity contribution in [2.24, 2.45) is 0 Å². The van der Waals surface area contributed by atoms with Gasteiger partial charge in [-0.1, -0.05) is 309 Å². The quantitative estimate of drug-likeness (QED) is 0.108. The molecule has 0 radical (unpaired) electrons. The summed E-state index contributed by atoms with van der Waals surface area (Å²) in [6, 6.07) is 159. The van der Waals surface area contributed by atoms with Crippen LogP contribution in [0.5, 0.6) is 0 Å². The first-order chi connectivity index (χ1) is 61.5. The van der Waals surface area contributed by atoms with Crippen LogP contribution < -0.4 is 0 Å². The van der Waals surface area contributed by atoms with Gasteiger partial charge >= 0.3 is 0 Å². The zero-order valence-corrected chi connectivity index (χ0v) is 67.2. The molecule has 0 spiro atoms. The van der Waals surface area contributed by atoms with Crippen LogP contribution in [0.1, 0.15) is 0 Å². The van der Waals surface area contributed by atoms with Gasteiger partial charge in [-0.05, 0) is 178 Å². The summed E-state index contributed by atoms with van der Waals surface area (Å²) in [6.07, 6.45) is 0. The van der Waals surface area contributed by atoms with E-state index in [0.29, 0.717) is 34.9 Å². The SMILES string of the molecule is c1ccc(-c2ccc(-c3nc(-c4ccccc4)nc(-c4ccc(-n5c6ccccc6c6cc(-c7ccc8c(c7)c7ccccc7n8-c7ccccc7)ccc65)cc4)n3)cc2)cc1.c1ccc(-c2nc(-c3ccccc3)nc(-c3ccc(-n4c5ccccc5c5cc(-c6ccc7c(c6)c6ccccc6n7-c6ccccc6-c6ccccc6)ccc54)cc3)n2)cc1. The van der Waals surface area contributed by atoms with Gasteiger partial charge in [0.05, 0.1) is 49.8 Å². The molecule has 0 fully saturated rings. The van der Waals surface area contributed by atoms with Gasteiger partial charge < -0.3 is 18.3 Å². The van der Waals surface area contributed by atoms with E-state index in [1.807, 2.05) is 97.1 Å². The molecule has 0 aliphatic heterocycles. The Morgan fingerprint density at radius 2 is 0.339 bits per heavy atom. The fourth-order valence-corrected chi connectivity index (χ4v) is 18.1. The second kappa shape index (κ2) is 30.8. The largest absolute Gasteiger partial charge is 0.309 e. The van der Waals surface area contributed by atoms with E-state index < -0.39 is 0 Å². The number of hydrogen-bond acceptors (Lipinski definition) is 6. The number of nitrogens with zero attached hydrogens (tertiary/aromatic N) is 10. The molecule has 0 N–H and O–H groups in total. The van der Waals surface area contributed by atoms with Gasteiger partial charge in [0.2, 0.25) is 0 Å². The Labute approximate surface area is 715 Å². The molecule has 6 heterocycles. The fourth-order valence-electron chi connectivity index (χ4n) is 18.1. The molecule has 10 heteroatoms. The molecular weight excluding hydrogens is 1510 g/mol.